The van der Waals surface area contributed by atoms with Gasteiger partial charge in [0, 0.05) is 6.04 Å². The van der Waals surface area contributed by atoms with Crippen LogP contribution in [0.2, 0.25) is 0 Å². The van der Waals surface area contributed by atoms with E-state index in [4.69, 9.17) is 9.79 Å². The van der Waals surface area contributed by atoms with Gasteiger partial charge in [0.1, 0.15) is 12.2 Å². The molecular formula is C7H16NO7P. The Morgan fingerprint density at radius 3 is 2.25 bits per heavy atom. The highest BCUT2D eigenvalue weighted by Gasteiger charge is 2.41. The first-order valence-electron chi connectivity index (χ1n) is 4.72. The Morgan fingerprint density at radius 1 is 1.19 bits per heavy atom. The molecular weight excluding hydrogens is 241 g/mol. The summed E-state index contributed by atoms with van der Waals surface area (Å²) in [6.07, 6.45) is -3.86. The van der Waals surface area contributed by atoms with E-state index in [2.05, 4.69) is 9.84 Å². The molecule has 1 aliphatic heterocycles. The fourth-order valence-corrected chi connectivity index (χ4v) is 1.95. The van der Waals surface area contributed by atoms with E-state index in [0.717, 1.165) is 0 Å². The molecule has 1 aliphatic rings. The largest absolute Gasteiger partial charge is 0.469 e. The molecule has 96 valence electrons. The van der Waals surface area contributed by atoms with Crippen LogP contribution in [0.3, 0.4) is 0 Å². The number of aliphatic hydroxyl groups is 3. The van der Waals surface area contributed by atoms with Gasteiger partial charge in [-0.3, -0.25) is 4.52 Å². The molecule has 0 aromatic carbocycles. The highest BCUT2D eigenvalue weighted by atomic mass is 31.2. The van der Waals surface area contributed by atoms with Crippen molar-refractivity contribution in [3.8, 4) is 0 Å². The van der Waals surface area contributed by atoms with Crippen LogP contribution in [-0.4, -0.2) is 62.1 Å². The van der Waals surface area contributed by atoms with Crippen LogP contribution in [0.1, 0.15) is 6.92 Å². The lowest BCUT2D eigenvalue weighted by Crippen LogP contribution is -2.65. The van der Waals surface area contributed by atoms with Gasteiger partial charge in [-0.05, 0) is 6.92 Å². The van der Waals surface area contributed by atoms with Gasteiger partial charge in [0.05, 0.1) is 18.8 Å². The van der Waals surface area contributed by atoms with E-state index in [9.17, 15) is 19.9 Å². The molecule has 5 atom stereocenters. The molecule has 0 bridgehead atoms. The molecule has 16 heavy (non-hydrogen) atoms. The third kappa shape index (κ3) is 3.47. The van der Waals surface area contributed by atoms with Crippen LogP contribution in [0.4, 0.5) is 0 Å². The lowest BCUT2D eigenvalue weighted by Gasteiger charge is -2.40. The van der Waals surface area contributed by atoms with Crippen LogP contribution in [0.15, 0.2) is 0 Å². The number of piperidine rings is 1. The summed E-state index contributed by atoms with van der Waals surface area (Å²) in [5, 5.41) is 31.0. The molecule has 1 fully saturated rings. The minimum absolute atomic E-state index is 0.459. The van der Waals surface area contributed by atoms with E-state index in [0.29, 0.717) is 0 Å². The number of phosphoric ester groups is 1. The lowest BCUT2D eigenvalue weighted by molar-refractivity contribution is -0.116. The van der Waals surface area contributed by atoms with Gasteiger partial charge in [0.15, 0.2) is 0 Å². The van der Waals surface area contributed by atoms with Gasteiger partial charge in [-0.1, -0.05) is 0 Å². The number of nitrogens with one attached hydrogen (secondary N) is 1. The summed E-state index contributed by atoms with van der Waals surface area (Å²) in [6.45, 7) is 1.11. The number of hydrogen-bond acceptors (Lipinski definition) is 6. The van der Waals surface area contributed by atoms with Gasteiger partial charge in [-0.2, -0.15) is 0 Å². The number of rotatable bonds is 3. The minimum Gasteiger partial charge on any atom is -0.389 e. The van der Waals surface area contributed by atoms with Crippen molar-refractivity contribution in [1.82, 2.24) is 5.32 Å². The molecule has 0 aliphatic carbocycles. The molecule has 9 heteroatoms. The Balaban J connectivity index is 2.57. The average Bonchev–Trinajstić information content (AvgIpc) is 2.17. The van der Waals surface area contributed by atoms with E-state index in [1.165, 1.54) is 0 Å². The zero-order chi connectivity index (χ0) is 12.5. The SMILES string of the molecule is CC1NC(COP(=O)(O)O)[C@@H](O)[C@H](O)[C@@H]1O. The molecule has 1 saturated heterocycles. The van der Waals surface area contributed by atoms with Crippen molar-refractivity contribution >= 4 is 7.82 Å². The van der Waals surface area contributed by atoms with Crippen LogP contribution >= 0.6 is 7.82 Å². The van der Waals surface area contributed by atoms with Crippen LogP contribution in [-0.2, 0) is 9.09 Å². The van der Waals surface area contributed by atoms with Gasteiger partial charge in [-0.15, -0.1) is 0 Å². The molecule has 1 rings (SSSR count). The van der Waals surface area contributed by atoms with Crippen molar-refractivity contribution in [3.05, 3.63) is 0 Å². The van der Waals surface area contributed by atoms with E-state index >= 15 is 0 Å². The van der Waals surface area contributed by atoms with Gasteiger partial charge in [-0.25, -0.2) is 4.57 Å². The summed E-state index contributed by atoms with van der Waals surface area (Å²) < 4.78 is 14.7. The van der Waals surface area contributed by atoms with E-state index in [-0.39, 0.29) is 0 Å². The van der Waals surface area contributed by atoms with Crippen molar-refractivity contribution in [2.75, 3.05) is 6.61 Å². The zero-order valence-electron chi connectivity index (χ0n) is 8.59. The second-order valence-electron chi connectivity index (χ2n) is 3.82. The summed E-state index contributed by atoms with van der Waals surface area (Å²) in [7, 11) is -4.61. The Labute approximate surface area is 92.1 Å². The van der Waals surface area contributed by atoms with E-state index < -0.39 is 44.8 Å². The molecule has 6 N–H and O–H groups in total. The maximum absolute atomic E-state index is 10.5. The maximum Gasteiger partial charge on any atom is 0.469 e. The van der Waals surface area contributed by atoms with Gasteiger partial charge in [0.2, 0.25) is 0 Å². The van der Waals surface area contributed by atoms with Gasteiger partial charge >= 0.3 is 7.82 Å². The first-order chi connectivity index (χ1) is 7.22. The van der Waals surface area contributed by atoms with Crippen LogP contribution in [0.25, 0.3) is 0 Å². The van der Waals surface area contributed by atoms with E-state index in [1.54, 1.807) is 6.92 Å². The monoisotopic (exact) mass is 257 g/mol. The summed E-state index contributed by atoms with van der Waals surface area (Å²) in [5.41, 5.74) is 0. The first-order valence-corrected chi connectivity index (χ1v) is 6.25. The highest BCUT2D eigenvalue weighted by Crippen LogP contribution is 2.36. The summed E-state index contributed by atoms with van der Waals surface area (Å²) in [5.74, 6) is 0. The standard InChI is InChI=1S/C7H16NO7P/c1-3-5(9)7(11)6(10)4(8-3)2-15-16(12,13)14/h3-11H,2H2,1H3,(H2,12,13,14)/t3?,4?,5-,6-,7-/m1/s1. The van der Waals surface area contributed by atoms with Crippen molar-refractivity contribution < 1.29 is 34.2 Å². The zero-order valence-corrected chi connectivity index (χ0v) is 9.49. The molecule has 2 unspecified atom stereocenters. The smallest absolute Gasteiger partial charge is 0.389 e. The summed E-state index contributed by atoms with van der Waals surface area (Å²) in [6, 6.07) is -1.36. The summed E-state index contributed by atoms with van der Waals surface area (Å²) in [4.78, 5) is 17.0. The van der Waals surface area contributed by atoms with Gasteiger partial charge in [0.25, 0.3) is 0 Å². The Bertz CT molecular complexity index is 282. The average molecular weight is 257 g/mol. The van der Waals surface area contributed by atoms with Crippen molar-refractivity contribution in [3.63, 3.8) is 0 Å². The van der Waals surface area contributed by atoms with Crippen molar-refractivity contribution in [2.24, 2.45) is 0 Å². The summed E-state index contributed by atoms with van der Waals surface area (Å²) >= 11 is 0. The number of hydrogen-bond donors (Lipinski definition) is 6. The second kappa shape index (κ2) is 5.07. The first kappa shape index (κ1) is 14.0. The fourth-order valence-electron chi connectivity index (χ4n) is 1.59. The van der Waals surface area contributed by atoms with E-state index in [1.807, 2.05) is 0 Å². The Kier molecular flexibility index (Phi) is 4.44. The Hall–Kier alpha value is -0.0500. The third-order valence-electron chi connectivity index (χ3n) is 2.52. The van der Waals surface area contributed by atoms with Gasteiger partial charge < -0.3 is 30.4 Å². The third-order valence-corrected chi connectivity index (χ3v) is 3.01. The molecule has 0 radical (unpaired) electrons. The van der Waals surface area contributed by atoms with Crippen molar-refractivity contribution in [2.45, 2.75) is 37.3 Å². The quantitative estimate of drug-likeness (QED) is 0.306. The van der Waals surface area contributed by atoms with Crippen LogP contribution in [0, 0.1) is 0 Å². The minimum atomic E-state index is -4.61. The van der Waals surface area contributed by atoms with Crippen LogP contribution in [0.5, 0.6) is 0 Å². The molecule has 8 nitrogen and oxygen atoms in total. The molecule has 0 aromatic rings. The highest BCUT2D eigenvalue weighted by molar-refractivity contribution is 7.46. The fraction of sp³-hybridized carbons (Fsp3) is 1.00. The normalized spacial score (nSPS) is 41.0. The number of phosphoric acid groups is 1. The van der Waals surface area contributed by atoms with Crippen LogP contribution < -0.4 is 5.32 Å². The second-order valence-corrected chi connectivity index (χ2v) is 5.06. The topological polar surface area (TPSA) is 139 Å². The predicted octanol–water partition coefficient (Wildman–Crippen LogP) is -2.46. The molecule has 0 spiro atoms. The number of aliphatic hydroxyl groups excluding tert-OH is 3. The lowest BCUT2D eigenvalue weighted by atomic mass is 9.91. The molecule has 0 saturated carbocycles. The predicted molar refractivity (Wildman–Crippen MR) is 52.4 cm³/mol. The molecule has 0 aromatic heterocycles. The molecule has 1 heterocycles. The maximum atomic E-state index is 10.5. The molecule has 0 amide bonds. The van der Waals surface area contributed by atoms with Crippen molar-refractivity contribution in [1.29, 1.82) is 0 Å². The Morgan fingerprint density at radius 2 is 1.75 bits per heavy atom.